The first-order valence-electron chi connectivity index (χ1n) is 19.2. The van der Waals surface area contributed by atoms with Gasteiger partial charge in [-0.25, -0.2) is 4.79 Å². The molecule has 1 unspecified atom stereocenters. The first kappa shape index (κ1) is 43.4. The molecule has 0 bridgehead atoms. The van der Waals surface area contributed by atoms with Crippen LogP contribution in [0.15, 0.2) is 42.0 Å². The van der Waals surface area contributed by atoms with Gasteiger partial charge in [-0.15, -0.1) is 0 Å². The Balaban J connectivity index is 1.79. The van der Waals surface area contributed by atoms with Gasteiger partial charge < -0.3 is 43.7 Å². The molecule has 13 atom stereocenters. The second-order valence-electron chi connectivity index (χ2n) is 16.0. The molecule has 1 aromatic rings. The van der Waals surface area contributed by atoms with Crippen molar-refractivity contribution in [3.8, 4) is 0 Å². The van der Waals surface area contributed by atoms with Crippen LogP contribution < -0.4 is 5.32 Å². The number of hydrogen-bond donors (Lipinski definition) is 2. The number of cyclic esters (lactones) is 1. The van der Waals surface area contributed by atoms with Crippen LogP contribution in [0.2, 0.25) is 0 Å². The Morgan fingerprint density at radius 1 is 1.06 bits per heavy atom. The third kappa shape index (κ3) is 9.53. The molecular formula is C41H62N2O11. The van der Waals surface area contributed by atoms with Crippen molar-refractivity contribution in [1.29, 1.82) is 0 Å². The van der Waals surface area contributed by atoms with Gasteiger partial charge in [-0.05, 0) is 78.6 Å². The number of amides is 1. The van der Waals surface area contributed by atoms with Crippen molar-refractivity contribution in [3.63, 3.8) is 0 Å². The van der Waals surface area contributed by atoms with Crippen LogP contribution >= 0.6 is 0 Å². The van der Waals surface area contributed by atoms with E-state index >= 15 is 0 Å². The normalized spacial score (nSPS) is 38.9. The fourth-order valence-corrected chi connectivity index (χ4v) is 8.66. The van der Waals surface area contributed by atoms with Gasteiger partial charge in [0.2, 0.25) is 0 Å². The van der Waals surface area contributed by atoms with Crippen LogP contribution in [-0.2, 0) is 49.2 Å². The van der Waals surface area contributed by atoms with E-state index in [1.807, 2.05) is 90.0 Å². The number of Topliss-reactive ketones (excluding diaryl/α,β-unsaturated/α-hetero) is 1. The van der Waals surface area contributed by atoms with Crippen molar-refractivity contribution in [2.24, 2.45) is 23.7 Å². The molecule has 3 saturated heterocycles. The molecule has 0 saturated carbocycles. The van der Waals surface area contributed by atoms with E-state index in [0.717, 1.165) is 11.1 Å². The van der Waals surface area contributed by atoms with Crippen molar-refractivity contribution in [3.05, 3.63) is 47.5 Å². The highest BCUT2D eigenvalue weighted by molar-refractivity contribution is 6.00. The summed E-state index contributed by atoms with van der Waals surface area (Å²) in [5.41, 5.74) is -0.832. The summed E-state index contributed by atoms with van der Waals surface area (Å²) in [5, 5.41) is 14.4. The third-order valence-electron chi connectivity index (χ3n) is 11.8. The van der Waals surface area contributed by atoms with Crippen LogP contribution in [0.5, 0.6) is 0 Å². The molecule has 1 amide bonds. The number of fused-ring (bicyclic) bond motifs is 1. The van der Waals surface area contributed by atoms with E-state index in [1.165, 1.54) is 14.0 Å². The van der Waals surface area contributed by atoms with Crippen LogP contribution in [-0.4, -0.2) is 116 Å². The summed E-state index contributed by atoms with van der Waals surface area (Å²) in [6.07, 6.45) is -1.79. The molecule has 2 N–H and O–H groups in total. The SMILES string of the molecule is CC[C@H]1OC(=O)[C@H](C)C(=O)[C@H](C)[C@@H](O[C@@H]2O[C@H](C)C[C@H](N(C)C)[C@H]2O)[C@](C)(OC)C[C@@H](C)/C(=C\COC(=O)Cc2ccccc2)[C@H](C)C2NC(=O)O[C@@]21C. The Bertz CT molecular complexity index is 1500. The van der Waals surface area contributed by atoms with Gasteiger partial charge in [0.05, 0.1) is 30.3 Å². The lowest BCUT2D eigenvalue weighted by Gasteiger charge is -2.47. The summed E-state index contributed by atoms with van der Waals surface area (Å²) in [6, 6.07) is 8.38. The van der Waals surface area contributed by atoms with Gasteiger partial charge in [0.1, 0.15) is 24.7 Å². The number of nitrogens with one attached hydrogen (secondary N) is 1. The van der Waals surface area contributed by atoms with E-state index in [2.05, 4.69) is 5.32 Å². The van der Waals surface area contributed by atoms with Gasteiger partial charge in [0.15, 0.2) is 17.7 Å². The number of ether oxygens (including phenoxy) is 6. The number of hydrogen-bond acceptors (Lipinski definition) is 12. The predicted molar refractivity (Wildman–Crippen MR) is 200 cm³/mol. The van der Waals surface area contributed by atoms with Gasteiger partial charge in [-0.3, -0.25) is 14.4 Å². The number of aliphatic hydroxyl groups excluding tert-OH is 1. The molecule has 0 aliphatic carbocycles. The number of rotatable bonds is 9. The molecule has 13 heteroatoms. The van der Waals surface area contributed by atoms with Gasteiger partial charge >= 0.3 is 18.0 Å². The minimum absolute atomic E-state index is 0.0396. The number of esters is 2. The highest BCUT2D eigenvalue weighted by Crippen LogP contribution is 2.43. The lowest BCUT2D eigenvalue weighted by atomic mass is 9.71. The summed E-state index contributed by atoms with van der Waals surface area (Å²) in [6.45, 7) is 14.4. The van der Waals surface area contributed by atoms with E-state index < -0.39 is 83.4 Å². The average Bonchev–Trinajstić information content (AvgIpc) is 3.44. The Kier molecular flexibility index (Phi) is 14.5. The summed E-state index contributed by atoms with van der Waals surface area (Å²) < 4.78 is 36.8. The molecule has 302 valence electrons. The highest BCUT2D eigenvalue weighted by atomic mass is 16.7. The first-order valence-corrected chi connectivity index (χ1v) is 19.2. The van der Waals surface area contributed by atoms with E-state index in [9.17, 15) is 24.3 Å². The lowest BCUT2D eigenvalue weighted by Crippen LogP contribution is -2.59. The van der Waals surface area contributed by atoms with Crippen LogP contribution in [0, 0.1) is 23.7 Å². The second-order valence-corrected chi connectivity index (χ2v) is 16.0. The molecule has 54 heavy (non-hydrogen) atoms. The Morgan fingerprint density at radius 2 is 1.72 bits per heavy atom. The fraction of sp³-hybridized carbons (Fsp3) is 0.707. The number of aliphatic hydroxyl groups is 1. The van der Waals surface area contributed by atoms with Crippen LogP contribution in [0.1, 0.15) is 80.2 Å². The number of benzene rings is 1. The molecule has 3 aliphatic heterocycles. The molecule has 1 aromatic carbocycles. The summed E-state index contributed by atoms with van der Waals surface area (Å²) >= 11 is 0. The molecule has 0 spiro atoms. The molecule has 3 aliphatic rings. The van der Waals surface area contributed by atoms with Crippen LogP contribution in [0.3, 0.4) is 0 Å². The fourth-order valence-electron chi connectivity index (χ4n) is 8.66. The quantitative estimate of drug-likeness (QED) is 0.156. The highest BCUT2D eigenvalue weighted by Gasteiger charge is 2.56. The molecule has 3 fully saturated rings. The number of methoxy groups -OCH3 is 1. The van der Waals surface area contributed by atoms with Gasteiger partial charge in [-0.2, -0.15) is 0 Å². The van der Waals surface area contributed by atoms with Crippen LogP contribution in [0.4, 0.5) is 4.79 Å². The molecular weight excluding hydrogens is 696 g/mol. The van der Waals surface area contributed by atoms with E-state index in [4.69, 9.17) is 28.4 Å². The first-order chi connectivity index (χ1) is 25.4. The third-order valence-corrected chi connectivity index (χ3v) is 11.8. The number of ketones is 1. The number of nitrogens with zero attached hydrogens (tertiary/aromatic N) is 1. The van der Waals surface area contributed by atoms with Gasteiger partial charge in [0, 0.05) is 25.0 Å². The average molecular weight is 759 g/mol. The molecule has 4 rings (SSSR count). The number of carbonyl (C=O) groups excluding carboxylic acids is 4. The molecule has 13 nitrogen and oxygen atoms in total. The van der Waals surface area contributed by atoms with Crippen molar-refractivity contribution >= 4 is 23.8 Å². The maximum absolute atomic E-state index is 14.3. The standard InChI is InChI=1S/C41H62N2O11/c1-12-31-41(8)35(42-39(48)54-41)25(4)29(18-19-50-32(44)21-28-16-14-13-15-17-28)23(2)22-40(7,49-11)36(26(5)33(45)27(6)37(47)52-31)53-38-34(46)30(43(9)10)20-24(3)51-38/h13-18,23-27,30-31,34-36,38,46H,12,19-22H2,1-11H3,(H,42,48)/b29-18+/t23-,24-,25+,26+,27-,30+,31-,34-,35?,36-,38+,40-,41-/m1/s1. The Labute approximate surface area is 320 Å². The number of alkyl carbamates (subject to hydrolysis) is 1. The monoisotopic (exact) mass is 758 g/mol. The molecule has 0 aromatic heterocycles. The second kappa shape index (κ2) is 18.1. The van der Waals surface area contributed by atoms with Crippen molar-refractivity contribution in [1.82, 2.24) is 10.2 Å². The number of likely N-dealkylation sites (N-methyl/N-ethyl adjacent to an activating group) is 1. The van der Waals surface area contributed by atoms with E-state index in [-0.39, 0.29) is 31.1 Å². The zero-order chi connectivity index (χ0) is 40.1. The van der Waals surface area contributed by atoms with Gasteiger partial charge in [-0.1, -0.05) is 63.6 Å². The van der Waals surface area contributed by atoms with E-state index in [1.54, 1.807) is 13.8 Å². The van der Waals surface area contributed by atoms with Crippen molar-refractivity contribution in [2.75, 3.05) is 27.8 Å². The summed E-state index contributed by atoms with van der Waals surface area (Å²) in [5.74, 6) is -4.42. The zero-order valence-electron chi connectivity index (χ0n) is 33.8. The van der Waals surface area contributed by atoms with E-state index in [0.29, 0.717) is 19.3 Å². The van der Waals surface area contributed by atoms with Gasteiger partial charge in [0.25, 0.3) is 0 Å². The molecule has 3 heterocycles. The maximum atomic E-state index is 14.3. The van der Waals surface area contributed by atoms with Crippen molar-refractivity contribution < 1.29 is 52.7 Å². The topological polar surface area (TPSA) is 159 Å². The Morgan fingerprint density at radius 3 is 2.33 bits per heavy atom. The smallest absolute Gasteiger partial charge is 0.408 e. The Hall–Kier alpha value is -3.36. The summed E-state index contributed by atoms with van der Waals surface area (Å²) in [7, 11) is 5.30. The van der Waals surface area contributed by atoms with Crippen LogP contribution in [0.25, 0.3) is 0 Å². The number of carbonyl (C=O) groups is 4. The lowest BCUT2D eigenvalue weighted by molar-refractivity contribution is -0.295. The minimum atomic E-state index is -1.30. The minimum Gasteiger partial charge on any atom is -0.461 e. The molecule has 0 radical (unpaired) electrons. The summed E-state index contributed by atoms with van der Waals surface area (Å²) in [4.78, 5) is 55.9. The maximum Gasteiger partial charge on any atom is 0.408 e. The largest absolute Gasteiger partial charge is 0.461 e. The predicted octanol–water partition coefficient (Wildman–Crippen LogP) is 4.62. The zero-order valence-corrected chi connectivity index (χ0v) is 33.8. The van der Waals surface area contributed by atoms with Crippen molar-refractivity contribution in [2.45, 2.75) is 135 Å².